The fourth-order valence-corrected chi connectivity index (χ4v) is 1.85. The largest absolute Gasteiger partial charge is 0.481 e. The maximum atomic E-state index is 10.6. The Labute approximate surface area is 91.9 Å². The molecule has 0 bridgehead atoms. The van der Waals surface area contributed by atoms with E-state index < -0.39 is 49.0 Å². The Balaban J connectivity index is 2.81. The summed E-state index contributed by atoms with van der Waals surface area (Å²) >= 11 is 0. The van der Waals surface area contributed by atoms with Crippen LogP contribution in [0.3, 0.4) is 0 Å². The molecule has 5 N–H and O–H groups in total. The van der Waals surface area contributed by atoms with Crippen LogP contribution in [0.2, 0.25) is 0 Å². The van der Waals surface area contributed by atoms with E-state index in [4.69, 9.17) is 14.9 Å². The maximum Gasteiger partial charge on any atom is 0.306 e. The Morgan fingerprint density at radius 2 is 2.06 bits per heavy atom. The number of hydrogen-bond acceptors (Lipinski definition) is 6. The fourth-order valence-electron chi connectivity index (χ4n) is 1.85. The van der Waals surface area contributed by atoms with Crippen molar-refractivity contribution in [3.63, 3.8) is 0 Å². The summed E-state index contributed by atoms with van der Waals surface area (Å²) in [6.07, 6.45) is -5.90. The molecule has 94 valence electrons. The minimum atomic E-state index is -1.47. The second kappa shape index (κ2) is 4.64. The van der Waals surface area contributed by atoms with E-state index in [1.54, 1.807) is 0 Å². The molecule has 1 fully saturated rings. The Hall–Kier alpha value is -0.730. The number of carboxylic acids is 1. The molecule has 7 nitrogen and oxygen atoms in total. The molecule has 0 saturated carbocycles. The van der Waals surface area contributed by atoms with Gasteiger partial charge in [-0.15, -0.1) is 0 Å². The third kappa shape index (κ3) is 2.33. The zero-order valence-corrected chi connectivity index (χ0v) is 8.78. The summed E-state index contributed by atoms with van der Waals surface area (Å²) in [5.41, 5.74) is -1.47. The van der Waals surface area contributed by atoms with Gasteiger partial charge in [0, 0.05) is 0 Å². The molecule has 16 heavy (non-hydrogen) atoms. The summed E-state index contributed by atoms with van der Waals surface area (Å²) in [5.74, 6) is -1.19. The standard InChI is InChI=1S/C9H16O7/c1-9(2-5(12)13)8(15)6(14)7(16-9)4(11)3-10/h4,6-8,10-11,14-15H,2-3H2,1H3,(H,12,13)/t4?,6?,7-,8?,9-/m1/s1. The second-order valence-corrected chi connectivity index (χ2v) is 4.15. The molecule has 0 radical (unpaired) electrons. The van der Waals surface area contributed by atoms with E-state index in [-0.39, 0.29) is 0 Å². The first-order valence-corrected chi connectivity index (χ1v) is 4.86. The van der Waals surface area contributed by atoms with E-state index in [0.717, 1.165) is 0 Å². The number of rotatable bonds is 4. The van der Waals surface area contributed by atoms with E-state index >= 15 is 0 Å². The number of carbonyl (C=O) groups is 1. The van der Waals surface area contributed by atoms with Crippen LogP contribution in [0.4, 0.5) is 0 Å². The van der Waals surface area contributed by atoms with Crippen LogP contribution in [0.1, 0.15) is 13.3 Å². The highest BCUT2D eigenvalue weighted by Gasteiger charge is 2.53. The molecular weight excluding hydrogens is 220 g/mol. The molecule has 1 aliphatic heterocycles. The molecule has 3 unspecified atom stereocenters. The Kier molecular flexibility index (Phi) is 3.87. The minimum absolute atomic E-state index is 0.500. The quantitative estimate of drug-likeness (QED) is 0.371. The average Bonchev–Trinajstić information content (AvgIpc) is 2.41. The van der Waals surface area contributed by atoms with Crippen LogP contribution in [0, 0.1) is 0 Å². The molecular formula is C9H16O7. The molecule has 0 aliphatic carbocycles. The van der Waals surface area contributed by atoms with Crippen LogP contribution < -0.4 is 0 Å². The van der Waals surface area contributed by atoms with Gasteiger partial charge in [-0.1, -0.05) is 0 Å². The molecule has 5 atom stereocenters. The summed E-state index contributed by atoms with van der Waals surface area (Å²) in [5, 5.41) is 45.9. The van der Waals surface area contributed by atoms with Crippen LogP contribution in [0.25, 0.3) is 0 Å². The van der Waals surface area contributed by atoms with Crippen LogP contribution in [0.15, 0.2) is 0 Å². The van der Waals surface area contributed by atoms with Crippen molar-refractivity contribution in [2.75, 3.05) is 6.61 Å². The van der Waals surface area contributed by atoms with Gasteiger partial charge in [-0.3, -0.25) is 4.79 Å². The van der Waals surface area contributed by atoms with E-state index in [9.17, 15) is 20.1 Å². The Bertz CT molecular complexity index is 269. The highest BCUT2D eigenvalue weighted by Crippen LogP contribution is 2.35. The van der Waals surface area contributed by atoms with Gasteiger partial charge in [-0.05, 0) is 6.92 Å². The molecule has 7 heteroatoms. The van der Waals surface area contributed by atoms with Crippen LogP contribution in [0.5, 0.6) is 0 Å². The number of carboxylic acid groups (broad SMARTS) is 1. The van der Waals surface area contributed by atoms with Gasteiger partial charge in [0.15, 0.2) is 0 Å². The van der Waals surface area contributed by atoms with E-state index in [0.29, 0.717) is 0 Å². The highest BCUT2D eigenvalue weighted by atomic mass is 16.6. The van der Waals surface area contributed by atoms with Gasteiger partial charge in [0.1, 0.15) is 30.0 Å². The predicted molar refractivity (Wildman–Crippen MR) is 50.6 cm³/mol. The van der Waals surface area contributed by atoms with Gasteiger partial charge in [0.2, 0.25) is 0 Å². The fraction of sp³-hybridized carbons (Fsp3) is 0.889. The van der Waals surface area contributed by atoms with Gasteiger partial charge in [0.25, 0.3) is 0 Å². The van der Waals surface area contributed by atoms with Crippen molar-refractivity contribution in [2.24, 2.45) is 0 Å². The maximum absolute atomic E-state index is 10.6. The minimum Gasteiger partial charge on any atom is -0.481 e. The number of aliphatic hydroxyl groups excluding tert-OH is 4. The predicted octanol–water partition coefficient (Wildman–Crippen LogP) is -2.31. The Morgan fingerprint density at radius 3 is 2.50 bits per heavy atom. The van der Waals surface area contributed by atoms with Gasteiger partial charge >= 0.3 is 5.97 Å². The molecule has 0 aromatic carbocycles. The third-order valence-electron chi connectivity index (χ3n) is 2.76. The zero-order chi connectivity index (χ0) is 12.5. The van der Waals surface area contributed by atoms with Crippen molar-refractivity contribution >= 4 is 5.97 Å². The van der Waals surface area contributed by atoms with Crippen molar-refractivity contribution in [3.05, 3.63) is 0 Å². The topological polar surface area (TPSA) is 127 Å². The highest BCUT2D eigenvalue weighted by molar-refractivity contribution is 5.68. The lowest BCUT2D eigenvalue weighted by Crippen LogP contribution is -2.42. The molecule has 1 rings (SSSR count). The number of ether oxygens (including phenoxy) is 1. The van der Waals surface area contributed by atoms with Crippen molar-refractivity contribution in [1.82, 2.24) is 0 Å². The SMILES string of the molecule is C[C@]1(CC(=O)O)O[C@H](C(O)CO)C(O)C1O. The Morgan fingerprint density at radius 1 is 1.50 bits per heavy atom. The lowest BCUT2D eigenvalue weighted by atomic mass is 9.92. The van der Waals surface area contributed by atoms with Gasteiger partial charge in [-0.25, -0.2) is 0 Å². The molecule has 1 aliphatic rings. The molecule has 0 aromatic heterocycles. The van der Waals surface area contributed by atoms with Crippen molar-refractivity contribution < 1.29 is 35.1 Å². The summed E-state index contributed by atoms with van der Waals surface area (Å²) in [6.45, 7) is 0.691. The summed E-state index contributed by atoms with van der Waals surface area (Å²) < 4.78 is 5.15. The summed E-state index contributed by atoms with van der Waals surface area (Å²) in [6, 6.07) is 0. The van der Waals surface area contributed by atoms with Crippen LogP contribution in [-0.4, -0.2) is 68.1 Å². The molecule has 0 aromatic rings. The molecule has 0 spiro atoms. The first-order chi connectivity index (χ1) is 7.31. The lowest BCUT2D eigenvalue weighted by Gasteiger charge is -2.26. The smallest absolute Gasteiger partial charge is 0.306 e. The monoisotopic (exact) mass is 236 g/mol. The molecule has 1 heterocycles. The van der Waals surface area contributed by atoms with Gasteiger partial charge in [-0.2, -0.15) is 0 Å². The van der Waals surface area contributed by atoms with Crippen LogP contribution >= 0.6 is 0 Å². The van der Waals surface area contributed by atoms with E-state index in [1.807, 2.05) is 0 Å². The van der Waals surface area contributed by atoms with Crippen molar-refractivity contribution in [1.29, 1.82) is 0 Å². The third-order valence-corrected chi connectivity index (χ3v) is 2.76. The van der Waals surface area contributed by atoms with E-state index in [1.165, 1.54) is 6.92 Å². The van der Waals surface area contributed by atoms with Gasteiger partial charge in [0.05, 0.1) is 13.0 Å². The number of aliphatic carboxylic acids is 1. The average molecular weight is 236 g/mol. The molecule has 1 saturated heterocycles. The first-order valence-electron chi connectivity index (χ1n) is 4.86. The van der Waals surface area contributed by atoms with Gasteiger partial charge < -0.3 is 30.3 Å². The van der Waals surface area contributed by atoms with Crippen molar-refractivity contribution in [2.45, 2.75) is 43.4 Å². The zero-order valence-electron chi connectivity index (χ0n) is 8.78. The van der Waals surface area contributed by atoms with Crippen LogP contribution in [-0.2, 0) is 9.53 Å². The van der Waals surface area contributed by atoms with E-state index in [2.05, 4.69) is 0 Å². The summed E-state index contributed by atoms with van der Waals surface area (Å²) in [4.78, 5) is 10.6. The lowest BCUT2D eigenvalue weighted by molar-refractivity contribution is -0.152. The second-order valence-electron chi connectivity index (χ2n) is 4.15. The number of hydrogen-bond donors (Lipinski definition) is 5. The molecule has 0 amide bonds. The normalized spacial score (nSPS) is 40.9. The van der Waals surface area contributed by atoms with Crippen molar-refractivity contribution in [3.8, 4) is 0 Å². The number of aliphatic hydroxyl groups is 4. The summed E-state index contributed by atoms with van der Waals surface area (Å²) in [7, 11) is 0. The first kappa shape index (κ1) is 13.3.